The SMILES string of the molecule is C[C@H]1O[C@H](C[C@H]2OC[C@@H](NC(=O)c3ccccc3)[C@@H](C)O2)OC[C@H]1NC(=O)c1ccccc1. The first-order chi connectivity index (χ1) is 16.0. The molecule has 4 rings (SSSR count). The smallest absolute Gasteiger partial charge is 0.251 e. The van der Waals surface area contributed by atoms with E-state index in [4.69, 9.17) is 18.9 Å². The van der Waals surface area contributed by atoms with Crippen LogP contribution in [0.2, 0.25) is 0 Å². The maximum Gasteiger partial charge on any atom is 0.251 e. The summed E-state index contributed by atoms with van der Waals surface area (Å²) in [5.41, 5.74) is 1.19. The maximum absolute atomic E-state index is 12.4. The van der Waals surface area contributed by atoms with E-state index in [-0.39, 0.29) is 36.1 Å². The summed E-state index contributed by atoms with van der Waals surface area (Å²) in [7, 11) is 0. The molecular weight excluding hydrogens is 424 g/mol. The summed E-state index contributed by atoms with van der Waals surface area (Å²) < 4.78 is 23.5. The van der Waals surface area contributed by atoms with Gasteiger partial charge in [0.1, 0.15) is 0 Å². The van der Waals surface area contributed by atoms with Crippen LogP contribution in [0.5, 0.6) is 0 Å². The van der Waals surface area contributed by atoms with Gasteiger partial charge in [0, 0.05) is 17.5 Å². The Hall–Kier alpha value is -2.78. The first-order valence-corrected chi connectivity index (χ1v) is 11.3. The zero-order chi connectivity index (χ0) is 23.2. The lowest BCUT2D eigenvalue weighted by atomic mass is 10.1. The normalized spacial score (nSPS) is 29.8. The molecule has 2 saturated heterocycles. The van der Waals surface area contributed by atoms with Gasteiger partial charge in [0.2, 0.25) is 0 Å². The van der Waals surface area contributed by atoms with Gasteiger partial charge in [-0.1, -0.05) is 36.4 Å². The standard InChI is InChI=1S/C25H30N2O6/c1-16-20(26-24(28)18-9-5-3-6-10-18)14-30-22(32-16)13-23-31-15-21(17(2)33-23)27-25(29)19-11-7-4-8-12-19/h3-12,16-17,20-23H,13-15H2,1-2H3,(H,26,28)(H,27,29)/t16-,17-,20-,21-,22-,23+/m1/s1. The minimum absolute atomic E-state index is 0.158. The van der Waals surface area contributed by atoms with Gasteiger partial charge in [0.15, 0.2) is 12.6 Å². The number of carbonyl (C=O) groups excluding carboxylic acids is 2. The molecule has 2 aromatic rings. The third kappa shape index (κ3) is 6.17. The van der Waals surface area contributed by atoms with Crippen molar-refractivity contribution >= 4 is 11.8 Å². The summed E-state index contributed by atoms with van der Waals surface area (Å²) in [5.74, 6) is -0.316. The molecule has 2 aliphatic rings. The van der Waals surface area contributed by atoms with E-state index < -0.39 is 12.6 Å². The molecule has 176 valence electrons. The fourth-order valence-electron chi connectivity index (χ4n) is 3.84. The van der Waals surface area contributed by atoms with Crippen LogP contribution in [0, 0.1) is 0 Å². The van der Waals surface area contributed by atoms with Gasteiger partial charge in [-0.3, -0.25) is 9.59 Å². The lowest BCUT2D eigenvalue weighted by Gasteiger charge is -2.39. The Balaban J connectivity index is 1.21. The number of rotatable bonds is 6. The molecule has 33 heavy (non-hydrogen) atoms. The van der Waals surface area contributed by atoms with Crippen LogP contribution in [0.3, 0.4) is 0 Å². The van der Waals surface area contributed by atoms with E-state index in [1.165, 1.54) is 0 Å². The summed E-state index contributed by atoms with van der Waals surface area (Å²) in [5, 5.41) is 5.92. The predicted molar refractivity (Wildman–Crippen MR) is 121 cm³/mol. The van der Waals surface area contributed by atoms with Crippen molar-refractivity contribution in [3.05, 3.63) is 71.8 Å². The van der Waals surface area contributed by atoms with Crippen LogP contribution < -0.4 is 10.6 Å². The van der Waals surface area contributed by atoms with E-state index >= 15 is 0 Å². The number of carbonyl (C=O) groups is 2. The summed E-state index contributed by atoms with van der Waals surface area (Å²) in [6.45, 7) is 4.49. The van der Waals surface area contributed by atoms with Gasteiger partial charge in [0.25, 0.3) is 11.8 Å². The minimum Gasteiger partial charge on any atom is -0.350 e. The second-order valence-electron chi connectivity index (χ2n) is 8.34. The van der Waals surface area contributed by atoms with E-state index in [1.807, 2.05) is 50.2 Å². The lowest BCUT2D eigenvalue weighted by molar-refractivity contribution is -0.277. The molecule has 2 heterocycles. The molecule has 8 nitrogen and oxygen atoms in total. The Morgan fingerprint density at radius 3 is 1.48 bits per heavy atom. The fraction of sp³-hybridized carbons (Fsp3) is 0.440. The zero-order valence-electron chi connectivity index (χ0n) is 18.8. The lowest BCUT2D eigenvalue weighted by Crippen LogP contribution is -2.54. The van der Waals surface area contributed by atoms with Gasteiger partial charge in [-0.15, -0.1) is 0 Å². The van der Waals surface area contributed by atoms with Crippen molar-refractivity contribution in [1.29, 1.82) is 0 Å². The van der Waals surface area contributed by atoms with Crippen LogP contribution in [-0.2, 0) is 18.9 Å². The van der Waals surface area contributed by atoms with E-state index in [2.05, 4.69) is 10.6 Å². The Morgan fingerprint density at radius 1 is 0.727 bits per heavy atom. The van der Waals surface area contributed by atoms with Crippen molar-refractivity contribution in [2.75, 3.05) is 13.2 Å². The highest BCUT2D eigenvalue weighted by Gasteiger charge is 2.36. The van der Waals surface area contributed by atoms with Crippen molar-refractivity contribution in [2.24, 2.45) is 0 Å². The van der Waals surface area contributed by atoms with Gasteiger partial charge in [-0.05, 0) is 38.1 Å². The van der Waals surface area contributed by atoms with Gasteiger partial charge in [-0.25, -0.2) is 0 Å². The number of benzene rings is 2. The topological polar surface area (TPSA) is 95.1 Å². The molecule has 0 spiro atoms. The molecule has 0 aliphatic carbocycles. The van der Waals surface area contributed by atoms with Crippen LogP contribution in [0.4, 0.5) is 0 Å². The minimum atomic E-state index is -0.502. The van der Waals surface area contributed by atoms with Crippen LogP contribution in [-0.4, -0.2) is 61.9 Å². The number of hydrogen-bond donors (Lipinski definition) is 2. The largest absolute Gasteiger partial charge is 0.350 e. The van der Waals surface area contributed by atoms with Crippen LogP contribution in [0.15, 0.2) is 60.7 Å². The third-order valence-electron chi connectivity index (χ3n) is 5.88. The van der Waals surface area contributed by atoms with Gasteiger partial charge in [0.05, 0.1) is 37.5 Å². The van der Waals surface area contributed by atoms with E-state index in [1.54, 1.807) is 24.3 Å². The second kappa shape index (κ2) is 10.9. The van der Waals surface area contributed by atoms with Crippen molar-refractivity contribution in [2.45, 2.75) is 57.1 Å². The molecule has 0 bridgehead atoms. The summed E-state index contributed by atoms with van der Waals surface area (Å²) in [6.07, 6.45) is -1.06. The molecule has 8 heteroatoms. The monoisotopic (exact) mass is 454 g/mol. The average molecular weight is 455 g/mol. The molecule has 0 saturated carbocycles. The Bertz CT molecular complexity index is 850. The molecular formula is C25H30N2O6. The predicted octanol–water partition coefficient (Wildman–Crippen LogP) is 2.50. The molecule has 2 aromatic carbocycles. The molecule has 2 fully saturated rings. The Labute approximate surface area is 193 Å². The molecule has 2 amide bonds. The average Bonchev–Trinajstić information content (AvgIpc) is 2.83. The van der Waals surface area contributed by atoms with Gasteiger partial charge < -0.3 is 29.6 Å². The highest BCUT2D eigenvalue weighted by atomic mass is 16.7. The molecule has 0 unspecified atom stereocenters. The summed E-state index contributed by atoms with van der Waals surface area (Å²) in [4.78, 5) is 24.8. The third-order valence-corrected chi connectivity index (χ3v) is 5.88. The highest BCUT2D eigenvalue weighted by molar-refractivity contribution is 5.94. The quantitative estimate of drug-likeness (QED) is 0.697. The zero-order valence-corrected chi connectivity index (χ0v) is 18.8. The van der Waals surface area contributed by atoms with Crippen molar-refractivity contribution in [3.63, 3.8) is 0 Å². The maximum atomic E-state index is 12.4. The van der Waals surface area contributed by atoms with Crippen LogP contribution in [0.1, 0.15) is 41.0 Å². The van der Waals surface area contributed by atoms with E-state index in [9.17, 15) is 9.59 Å². The second-order valence-corrected chi connectivity index (χ2v) is 8.34. The first kappa shape index (κ1) is 23.4. The highest BCUT2D eigenvalue weighted by Crippen LogP contribution is 2.23. The molecule has 0 aromatic heterocycles. The molecule has 2 aliphatic heterocycles. The summed E-state index contributed by atoms with van der Waals surface area (Å²) in [6, 6.07) is 17.6. The Morgan fingerprint density at radius 2 is 1.12 bits per heavy atom. The first-order valence-electron chi connectivity index (χ1n) is 11.3. The molecule has 6 atom stereocenters. The number of hydrogen-bond acceptors (Lipinski definition) is 6. The summed E-state index contributed by atoms with van der Waals surface area (Å²) >= 11 is 0. The molecule has 0 radical (unpaired) electrons. The van der Waals surface area contributed by atoms with Crippen molar-refractivity contribution < 1.29 is 28.5 Å². The van der Waals surface area contributed by atoms with Crippen LogP contribution >= 0.6 is 0 Å². The number of nitrogens with one attached hydrogen (secondary N) is 2. The van der Waals surface area contributed by atoms with Crippen molar-refractivity contribution in [3.8, 4) is 0 Å². The number of ether oxygens (including phenoxy) is 4. The Kier molecular flexibility index (Phi) is 7.72. The molecule has 2 N–H and O–H groups in total. The fourth-order valence-corrected chi connectivity index (χ4v) is 3.84. The van der Waals surface area contributed by atoms with E-state index in [0.717, 1.165) is 0 Å². The number of amides is 2. The van der Waals surface area contributed by atoms with Gasteiger partial charge >= 0.3 is 0 Å². The van der Waals surface area contributed by atoms with Crippen molar-refractivity contribution in [1.82, 2.24) is 10.6 Å². The van der Waals surface area contributed by atoms with Crippen LogP contribution in [0.25, 0.3) is 0 Å². The van der Waals surface area contributed by atoms with E-state index in [0.29, 0.717) is 30.8 Å². The van der Waals surface area contributed by atoms with Gasteiger partial charge in [-0.2, -0.15) is 0 Å².